The van der Waals surface area contributed by atoms with Crippen molar-refractivity contribution >= 4 is 18.3 Å². The van der Waals surface area contributed by atoms with E-state index in [0.29, 0.717) is 5.41 Å². The van der Waals surface area contributed by atoms with E-state index in [9.17, 15) is 0 Å². The minimum Gasteiger partial charge on any atom is -0.265 e. The van der Waals surface area contributed by atoms with Gasteiger partial charge in [-0.3, -0.25) is 14.8 Å². The lowest BCUT2D eigenvalue weighted by Gasteiger charge is -2.54. The molecule has 0 aromatic heterocycles. The van der Waals surface area contributed by atoms with Crippen LogP contribution in [0.1, 0.15) is 13.3 Å². The number of rotatable bonds is 1. The molecule has 2 bridgehead atoms. The summed E-state index contributed by atoms with van der Waals surface area (Å²) in [6, 6.07) is 0. The van der Waals surface area contributed by atoms with Gasteiger partial charge in [0, 0.05) is 25.0 Å². The zero-order valence-electron chi connectivity index (χ0n) is 7.63. The molecule has 3 aliphatic rings. The fraction of sp³-hybridized carbons (Fsp3) is 1.00. The highest BCUT2D eigenvalue weighted by atomic mass is 32.4. The molecule has 3 aliphatic heterocycles. The Morgan fingerprint density at radius 2 is 2.08 bits per heavy atom. The SMILES string of the molecule is CCC12CNP(=S)(NC1)N(C)C2. The van der Waals surface area contributed by atoms with Gasteiger partial charge in [0.05, 0.1) is 0 Å². The number of hydrogen-bond donors (Lipinski definition) is 2. The predicted octanol–water partition coefficient (Wildman–Crippen LogP) is 0.745. The summed E-state index contributed by atoms with van der Waals surface area (Å²) in [4.78, 5) is 0. The van der Waals surface area contributed by atoms with Crippen LogP contribution in [0.4, 0.5) is 0 Å². The van der Waals surface area contributed by atoms with E-state index in [2.05, 4.69) is 28.8 Å². The summed E-state index contributed by atoms with van der Waals surface area (Å²) < 4.78 is 2.30. The van der Waals surface area contributed by atoms with Crippen LogP contribution in [0.3, 0.4) is 0 Å². The summed E-state index contributed by atoms with van der Waals surface area (Å²) in [6.45, 7) is 4.14. The first-order valence-electron chi connectivity index (χ1n) is 4.42. The predicted molar refractivity (Wildman–Crippen MR) is 55.6 cm³/mol. The van der Waals surface area contributed by atoms with Crippen molar-refractivity contribution in [3.05, 3.63) is 0 Å². The molecule has 0 saturated carbocycles. The van der Waals surface area contributed by atoms with Crippen molar-refractivity contribution in [2.45, 2.75) is 13.3 Å². The molecule has 0 amide bonds. The number of nitrogens with one attached hydrogen (secondary N) is 2. The Bertz CT molecular complexity index is 231. The van der Waals surface area contributed by atoms with Crippen LogP contribution in [-0.4, -0.2) is 31.4 Å². The fourth-order valence-electron chi connectivity index (χ4n) is 1.97. The third kappa shape index (κ3) is 1.17. The van der Waals surface area contributed by atoms with Crippen molar-refractivity contribution in [2.75, 3.05) is 26.7 Å². The Morgan fingerprint density at radius 3 is 2.50 bits per heavy atom. The summed E-state index contributed by atoms with van der Waals surface area (Å²) >= 11 is 5.53. The van der Waals surface area contributed by atoms with Crippen LogP contribution in [0.15, 0.2) is 0 Å². The van der Waals surface area contributed by atoms with E-state index in [4.69, 9.17) is 11.8 Å². The van der Waals surface area contributed by atoms with Gasteiger partial charge in [0.2, 0.25) is 0 Å². The molecule has 0 radical (unpaired) electrons. The summed E-state index contributed by atoms with van der Waals surface area (Å²) in [7, 11) is 2.13. The van der Waals surface area contributed by atoms with E-state index in [-0.39, 0.29) is 0 Å². The van der Waals surface area contributed by atoms with Gasteiger partial charge in [-0.2, -0.15) is 0 Å². The summed E-state index contributed by atoms with van der Waals surface area (Å²) in [5.74, 6) is 0. The van der Waals surface area contributed by atoms with Gasteiger partial charge < -0.3 is 0 Å². The van der Waals surface area contributed by atoms with Gasteiger partial charge in [0.15, 0.2) is 0 Å². The van der Waals surface area contributed by atoms with Crippen molar-refractivity contribution in [3.63, 3.8) is 0 Å². The average Bonchev–Trinajstić information content (AvgIpc) is 2.08. The topological polar surface area (TPSA) is 27.3 Å². The van der Waals surface area contributed by atoms with Gasteiger partial charge in [-0.05, 0) is 25.3 Å². The zero-order valence-corrected chi connectivity index (χ0v) is 9.34. The van der Waals surface area contributed by atoms with E-state index in [1.165, 1.54) is 13.0 Å². The van der Waals surface area contributed by atoms with Crippen LogP contribution in [0.2, 0.25) is 0 Å². The first-order valence-corrected chi connectivity index (χ1v) is 7.18. The molecule has 0 unspecified atom stereocenters. The van der Waals surface area contributed by atoms with Crippen molar-refractivity contribution in [1.82, 2.24) is 14.8 Å². The van der Waals surface area contributed by atoms with Crippen molar-refractivity contribution in [1.29, 1.82) is 0 Å². The molecule has 3 fully saturated rings. The Morgan fingerprint density at radius 1 is 1.50 bits per heavy atom. The highest BCUT2D eigenvalue weighted by molar-refractivity contribution is 8.11. The summed E-state index contributed by atoms with van der Waals surface area (Å²) in [5.41, 5.74) is 0.440. The standard InChI is InChI=1S/C7H16N3PS/c1-3-7-4-8-11(12,9-5-7)10(2)6-7/h3-6H2,1-2H3,(H2,8,9,12). The molecule has 5 heteroatoms. The maximum atomic E-state index is 5.53. The third-order valence-electron chi connectivity index (χ3n) is 3.13. The second kappa shape index (κ2) is 2.76. The Labute approximate surface area is 79.1 Å². The minimum absolute atomic E-state index is 0.440. The van der Waals surface area contributed by atoms with Gasteiger partial charge >= 0.3 is 0 Å². The number of nitrogens with zero attached hydrogens (tertiary/aromatic N) is 1. The smallest absolute Gasteiger partial charge is 0.140 e. The van der Waals surface area contributed by atoms with Crippen LogP contribution < -0.4 is 10.2 Å². The quantitative estimate of drug-likeness (QED) is 0.618. The van der Waals surface area contributed by atoms with E-state index in [1.54, 1.807) is 0 Å². The molecule has 0 spiro atoms. The van der Waals surface area contributed by atoms with Gasteiger partial charge in [0.25, 0.3) is 0 Å². The van der Waals surface area contributed by atoms with Crippen LogP contribution in [-0.2, 0) is 11.8 Å². The van der Waals surface area contributed by atoms with Crippen LogP contribution >= 0.6 is 6.49 Å². The highest BCUT2D eigenvalue weighted by Crippen LogP contribution is 2.51. The van der Waals surface area contributed by atoms with Crippen LogP contribution in [0.5, 0.6) is 0 Å². The summed E-state index contributed by atoms with van der Waals surface area (Å²) in [5, 5.41) is 6.95. The highest BCUT2D eigenvalue weighted by Gasteiger charge is 2.45. The van der Waals surface area contributed by atoms with Crippen molar-refractivity contribution in [3.8, 4) is 0 Å². The monoisotopic (exact) mass is 205 g/mol. The second-order valence-corrected chi connectivity index (χ2v) is 7.97. The molecule has 70 valence electrons. The lowest BCUT2D eigenvalue weighted by molar-refractivity contribution is 0.181. The zero-order chi connectivity index (χ0) is 8.82. The first-order chi connectivity index (χ1) is 5.60. The second-order valence-electron chi connectivity index (χ2n) is 3.92. The third-order valence-corrected chi connectivity index (χ3v) is 7.02. The average molecular weight is 205 g/mol. The van der Waals surface area contributed by atoms with Crippen molar-refractivity contribution in [2.24, 2.45) is 5.41 Å². The van der Waals surface area contributed by atoms with Gasteiger partial charge in [-0.25, -0.2) is 0 Å². The minimum atomic E-state index is -1.51. The Kier molecular flexibility index (Phi) is 2.09. The molecule has 0 aromatic rings. The fourth-order valence-corrected chi connectivity index (χ4v) is 4.72. The van der Waals surface area contributed by atoms with E-state index < -0.39 is 6.49 Å². The molecular formula is C7H16N3PS. The molecule has 0 aliphatic carbocycles. The lowest BCUT2D eigenvalue weighted by atomic mass is 9.85. The summed E-state index contributed by atoms with van der Waals surface area (Å²) in [6.07, 6.45) is 1.23. The van der Waals surface area contributed by atoms with Crippen LogP contribution in [0.25, 0.3) is 0 Å². The number of hydrogen-bond acceptors (Lipinski definition) is 1. The van der Waals surface area contributed by atoms with E-state index in [0.717, 1.165) is 13.1 Å². The van der Waals surface area contributed by atoms with Gasteiger partial charge in [0.1, 0.15) is 6.49 Å². The number of fused-ring (bicyclic) bond motifs is 3. The molecule has 12 heavy (non-hydrogen) atoms. The van der Waals surface area contributed by atoms with E-state index in [1.807, 2.05) is 0 Å². The molecule has 3 rings (SSSR count). The molecule has 0 atom stereocenters. The maximum Gasteiger partial charge on any atom is 0.140 e. The first kappa shape index (κ1) is 9.10. The molecule has 2 N–H and O–H groups in total. The molecule has 3 heterocycles. The molecular weight excluding hydrogens is 189 g/mol. The van der Waals surface area contributed by atoms with Crippen LogP contribution in [0, 0.1) is 5.41 Å². The normalized spacial score (nSPS) is 48.2. The molecule has 0 aromatic carbocycles. The maximum absolute atomic E-state index is 5.53. The van der Waals surface area contributed by atoms with E-state index >= 15 is 0 Å². The molecule has 3 saturated heterocycles. The van der Waals surface area contributed by atoms with Gasteiger partial charge in [-0.1, -0.05) is 6.92 Å². The van der Waals surface area contributed by atoms with Gasteiger partial charge in [-0.15, -0.1) is 0 Å². The Balaban J connectivity index is 2.25. The largest absolute Gasteiger partial charge is 0.265 e. The Hall–Kier alpha value is 0.530. The molecule has 3 nitrogen and oxygen atoms in total. The lowest BCUT2D eigenvalue weighted by Crippen LogP contribution is -2.60. The van der Waals surface area contributed by atoms with Crippen molar-refractivity contribution < 1.29 is 0 Å².